The summed E-state index contributed by atoms with van der Waals surface area (Å²) in [4.78, 5) is 17.3. The van der Waals surface area contributed by atoms with E-state index >= 15 is 0 Å². The highest BCUT2D eigenvalue weighted by Gasteiger charge is 2.37. The van der Waals surface area contributed by atoms with Gasteiger partial charge in [0.15, 0.2) is 0 Å². The van der Waals surface area contributed by atoms with Gasteiger partial charge in [0.25, 0.3) is 0 Å². The lowest BCUT2D eigenvalue weighted by Gasteiger charge is -2.23. The van der Waals surface area contributed by atoms with Crippen LogP contribution in [0.4, 0.5) is 4.39 Å². The zero-order chi connectivity index (χ0) is 13.8. The molecule has 19 heavy (non-hydrogen) atoms. The van der Waals surface area contributed by atoms with Crippen molar-refractivity contribution in [1.29, 1.82) is 5.26 Å². The summed E-state index contributed by atoms with van der Waals surface area (Å²) in [5.41, 5.74) is 6.74. The van der Waals surface area contributed by atoms with Gasteiger partial charge in [-0.3, -0.25) is 9.78 Å². The second-order valence-corrected chi connectivity index (χ2v) is 4.63. The van der Waals surface area contributed by atoms with Crippen molar-refractivity contribution in [2.75, 3.05) is 6.54 Å². The number of nitriles is 1. The van der Waals surface area contributed by atoms with Crippen LogP contribution in [0.2, 0.25) is 0 Å². The van der Waals surface area contributed by atoms with Gasteiger partial charge < -0.3 is 10.6 Å². The summed E-state index contributed by atoms with van der Waals surface area (Å²) in [5.74, 6) is -0.372. The van der Waals surface area contributed by atoms with E-state index in [4.69, 9.17) is 11.0 Å². The van der Waals surface area contributed by atoms with Gasteiger partial charge in [0.05, 0.1) is 18.7 Å². The number of hydrogen-bond acceptors (Lipinski definition) is 4. The van der Waals surface area contributed by atoms with Gasteiger partial charge in [0, 0.05) is 18.8 Å². The summed E-state index contributed by atoms with van der Waals surface area (Å²) in [5, 5.41) is 8.91. The molecule has 1 aromatic heterocycles. The molecule has 0 bridgehead atoms. The second kappa shape index (κ2) is 5.76. The number of nitrogens with two attached hydrogens (primary N) is 1. The van der Waals surface area contributed by atoms with E-state index in [0.717, 1.165) is 5.56 Å². The standard InChI is InChI=1S/C13H15FN4O/c14-10-6-11(7-15)18(8-10)13(19)12(16)5-9-1-3-17-4-2-9/h1-4,10-12H,5-6,8,16H2/t10-,11-,12?/m0/s1. The van der Waals surface area contributed by atoms with E-state index in [1.54, 1.807) is 24.5 Å². The highest BCUT2D eigenvalue weighted by molar-refractivity contribution is 5.83. The Morgan fingerprint density at radius 2 is 2.32 bits per heavy atom. The number of alkyl halides is 1. The summed E-state index contributed by atoms with van der Waals surface area (Å²) < 4.78 is 13.3. The molecule has 100 valence electrons. The van der Waals surface area contributed by atoms with Crippen molar-refractivity contribution in [3.63, 3.8) is 0 Å². The number of hydrogen-bond donors (Lipinski definition) is 1. The van der Waals surface area contributed by atoms with Crippen molar-refractivity contribution in [1.82, 2.24) is 9.88 Å². The van der Waals surface area contributed by atoms with Crippen LogP contribution in [-0.4, -0.2) is 40.6 Å². The van der Waals surface area contributed by atoms with E-state index in [-0.39, 0.29) is 18.9 Å². The predicted molar refractivity (Wildman–Crippen MR) is 66.5 cm³/mol. The molecule has 1 fully saturated rings. The van der Waals surface area contributed by atoms with Gasteiger partial charge in [-0.2, -0.15) is 5.26 Å². The molecule has 1 unspecified atom stereocenters. The minimum Gasteiger partial charge on any atom is -0.322 e. The third-order valence-corrected chi connectivity index (χ3v) is 3.20. The van der Waals surface area contributed by atoms with Crippen LogP contribution in [0, 0.1) is 11.3 Å². The fraction of sp³-hybridized carbons (Fsp3) is 0.462. The molecule has 1 aromatic rings. The van der Waals surface area contributed by atoms with Gasteiger partial charge in [-0.1, -0.05) is 0 Å². The molecular formula is C13H15FN4O. The Bertz CT molecular complexity index is 487. The van der Waals surface area contributed by atoms with Crippen molar-refractivity contribution in [2.24, 2.45) is 5.73 Å². The largest absolute Gasteiger partial charge is 0.322 e. The third-order valence-electron chi connectivity index (χ3n) is 3.20. The maximum atomic E-state index is 13.3. The number of aromatic nitrogens is 1. The first-order chi connectivity index (χ1) is 9.11. The van der Waals surface area contributed by atoms with Crippen LogP contribution in [0.25, 0.3) is 0 Å². The van der Waals surface area contributed by atoms with Crippen LogP contribution in [0.1, 0.15) is 12.0 Å². The monoisotopic (exact) mass is 262 g/mol. The molecule has 1 aliphatic heterocycles. The maximum Gasteiger partial charge on any atom is 0.241 e. The van der Waals surface area contributed by atoms with E-state index in [1.165, 1.54) is 4.90 Å². The third kappa shape index (κ3) is 3.06. The lowest BCUT2D eigenvalue weighted by atomic mass is 10.1. The van der Waals surface area contributed by atoms with Crippen LogP contribution >= 0.6 is 0 Å². The first-order valence-corrected chi connectivity index (χ1v) is 6.10. The molecule has 0 saturated carbocycles. The number of nitrogens with zero attached hydrogens (tertiary/aromatic N) is 3. The molecule has 3 atom stereocenters. The molecule has 0 aliphatic carbocycles. The minimum atomic E-state index is -1.14. The normalized spacial score (nSPS) is 23.9. The summed E-state index contributed by atoms with van der Waals surface area (Å²) in [7, 11) is 0. The topological polar surface area (TPSA) is 83.0 Å². The summed E-state index contributed by atoms with van der Waals surface area (Å²) in [6, 6.07) is 4.03. The van der Waals surface area contributed by atoms with Crippen LogP contribution in [0.3, 0.4) is 0 Å². The Hall–Kier alpha value is -2.00. The van der Waals surface area contributed by atoms with Crippen molar-refractivity contribution in [2.45, 2.75) is 31.1 Å². The SMILES string of the molecule is N#C[C@@H]1C[C@H](F)CN1C(=O)C(N)Cc1ccncc1. The smallest absolute Gasteiger partial charge is 0.241 e. The molecular weight excluding hydrogens is 247 g/mol. The number of carbonyl (C=O) groups excluding carboxylic acids is 1. The van der Waals surface area contributed by atoms with Gasteiger partial charge in [0.1, 0.15) is 12.2 Å². The highest BCUT2D eigenvalue weighted by Crippen LogP contribution is 2.21. The average Bonchev–Trinajstić information content (AvgIpc) is 2.80. The zero-order valence-electron chi connectivity index (χ0n) is 10.4. The Balaban J connectivity index is 2.01. The fourth-order valence-corrected chi connectivity index (χ4v) is 2.22. The van der Waals surface area contributed by atoms with E-state index < -0.39 is 18.3 Å². The number of amides is 1. The van der Waals surface area contributed by atoms with E-state index in [0.29, 0.717) is 6.42 Å². The number of carbonyl (C=O) groups is 1. The van der Waals surface area contributed by atoms with Crippen molar-refractivity contribution >= 4 is 5.91 Å². The number of likely N-dealkylation sites (tertiary alicyclic amines) is 1. The molecule has 2 N–H and O–H groups in total. The van der Waals surface area contributed by atoms with Gasteiger partial charge in [-0.15, -0.1) is 0 Å². The lowest BCUT2D eigenvalue weighted by molar-refractivity contribution is -0.132. The number of rotatable bonds is 3. The maximum absolute atomic E-state index is 13.3. The zero-order valence-corrected chi connectivity index (χ0v) is 10.4. The molecule has 0 aromatic carbocycles. The summed E-state index contributed by atoms with van der Waals surface area (Å²) >= 11 is 0. The highest BCUT2D eigenvalue weighted by atomic mass is 19.1. The molecule has 5 nitrogen and oxygen atoms in total. The van der Waals surface area contributed by atoms with Gasteiger partial charge >= 0.3 is 0 Å². The molecule has 1 aliphatic rings. The average molecular weight is 262 g/mol. The fourth-order valence-electron chi connectivity index (χ4n) is 2.22. The first kappa shape index (κ1) is 13.4. The van der Waals surface area contributed by atoms with Crippen LogP contribution in [0.15, 0.2) is 24.5 Å². The minimum absolute atomic E-state index is 0.0406. The van der Waals surface area contributed by atoms with Crippen molar-refractivity contribution in [3.05, 3.63) is 30.1 Å². The Morgan fingerprint density at radius 1 is 1.63 bits per heavy atom. The Kier molecular flexibility index (Phi) is 4.07. The molecule has 2 heterocycles. The lowest BCUT2D eigenvalue weighted by Crippen LogP contribution is -2.46. The molecule has 2 rings (SSSR count). The molecule has 0 spiro atoms. The molecule has 0 radical (unpaired) electrons. The second-order valence-electron chi connectivity index (χ2n) is 4.63. The van der Waals surface area contributed by atoms with Crippen LogP contribution < -0.4 is 5.73 Å². The predicted octanol–water partition coefficient (Wildman–Crippen LogP) is 0.414. The summed E-state index contributed by atoms with van der Waals surface area (Å²) in [6.07, 6.45) is 2.54. The number of halogens is 1. The molecule has 1 saturated heterocycles. The number of pyridine rings is 1. The Morgan fingerprint density at radius 3 is 2.95 bits per heavy atom. The van der Waals surface area contributed by atoms with Crippen LogP contribution in [-0.2, 0) is 11.2 Å². The van der Waals surface area contributed by atoms with Crippen molar-refractivity contribution in [3.8, 4) is 6.07 Å². The Labute approximate surface area is 110 Å². The van der Waals surface area contributed by atoms with E-state index in [2.05, 4.69) is 4.98 Å². The van der Waals surface area contributed by atoms with E-state index in [1.807, 2.05) is 6.07 Å². The van der Waals surface area contributed by atoms with Crippen molar-refractivity contribution < 1.29 is 9.18 Å². The van der Waals surface area contributed by atoms with E-state index in [9.17, 15) is 9.18 Å². The molecule has 1 amide bonds. The van der Waals surface area contributed by atoms with Gasteiger partial charge in [0.2, 0.25) is 5.91 Å². The quantitative estimate of drug-likeness (QED) is 0.855. The first-order valence-electron chi connectivity index (χ1n) is 6.10. The van der Waals surface area contributed by atoms with Gasteiger partial charge in [-0.05, 0) is 24.1 Å². The van der Waals surface area contributed by atoms with Gasteiger partial charge in [-0.25, -0.2) is 4.39 Å². The van der Waals surface area contributed by atoms with Crippen LogP contribution in [0.5, 0.6) is 0 Å². The summed E-state index contributed by atoms with van der Waals surface area (Å²) in [6.45, 7) is -0.0406. The molecule has 6 heteroatoms.